The Balaban J connectivity index is 4.06. The molecule has 0 aliphatic carbocycles. The normalized spacial score (nSPS) is 15.4. The molecular formula is C10H20O3. The van der Waals surface area contributed by atoms with Gasteiger partial charge in [0.1, 0.15) is 5.78 Å². The number of ether oxygens (including phenoxy) is 1. The highest BCUT2D eigenvalue weighted by molar-refractivity contribution is 5.81. The predicted molar refractivity (Wildman–Crippen MR) is 51.3 cm³/mol. The Hall–Kier alpha value is -0.410. The number of Topliss-reactive ketones (excluding diaryl/α,β-unsaturated/α-hetero) is 1. The van der Waals surface area contributed by atoms with E-state index >= 15 is 0 Å². The number of carbonyl (C=O) groups excluding carboxylic acids is 1. The van der Waals surface area contributed by atoms with E-state index in [-0.39, 0.29) is 11.7 Å². The summed E-state index contributed by atoms with van der Waals surface area (Å²) in [6.45, 7) is 6.09. The van der Waals surface area contributed by atoms with Crippen molar-refractivity contribution in [3.63, 3.8) is 0 Å². The molecule has 3 nitrogen and oxygen atoms in total. The van der Waals surface area contributed by atoms with Crippen LogP contribution in [0.15, 0.2) is 0 Å². The number of aliphatic hydroxyl groups is 1. The molecule has 0 radical (unpaired) electrons. The highest BCUT2D eigenvalue weighted by Gasteiger charge is 2.24. The van der Waals surface area contributed by atoms with Crippen LogP contribution in [0.2, 0.25) is 0 Å². The van der Waals surface area contributed by atoms with Crippen molar-refractivity contribution >= 4 is 5.78 Å². The number of carbonyl (C=O) groups is 1. The van der Waals surface area contributed by atoms with Crippen LogP contribution in [0.1, 0.15) is 40.0 Å². The smallest absolute Gasteiger partial charge is 0.164 e. The van der Waals surface area contributed by atoms with Crippen molar-refractivity contribution in [2.24, 2.45) is 5.92 Å². The minimum Gasteiger partial charge on any atom is -0.367 e. The van der Waals surface area contributed by atoms with Gasteiger partial charge in [0.05, 0.1) is 5.92 Å². The van der Waals surface area contributed by atoms with Gasteiger partial charge in [0, 0.05) is 13.0 Å². The quantitative estimate of drug-likeness (QED) is 0.619. The van der Waals surface area contributed by atoms with Gasteiger partial charge in [-0.15, -0.1) is 0 Å². The van der Waals surface area contributed by atoms with Gasteiger partial charge in [-0.1, -0.05) is 13.8 Å². The molecule has 0 aliphatic heterocycles. The molecule has 1 N–H and O–H groups in total. The third-order valence-electron chi connectivity index (χ3n) is 2.03. The second-order valence-electron chi connectivity index (χ2n) is 3.08. The van der Waals surface area contributed by atoms with Gasteiger partial charge in [-0.05, 0) is 19.8 Å². The second kappa shape index (κ2) is 7.04. The van der Waals surface area contributed by atoms with Gasteiger partial charge in [-0.3, -0.25) is 4.79 Å². The Labute approximate surface area is 80.1 Å². The molecule has 0 saturated carbocycles. The maximum atomic E-state index is 11.5. The van der Waals surface area contributed by atoms with E-state index in [1.54, 1.807) is 6.92 Å². The SMILES string of the molecule is CCCC(=O)C(CC)C(O)OCC. The van der Waals surface area contributed by atoms with Crippen LogP contribution in [0.25, 0.3) is 0 Å². The van der Waals surface area contributed by atoms with E-state index in [1.807, 2.05) is 13.8 Å². The molecular weight excluding hydrogens is 168 g/mol. The van der Waals surface area contributed by atoms with Gasteiger partial charge in [-0.25, -0.2) is 0 Å². The van der Waals surface area contributed by atoms with Crippen molar-refractivity contribution in [1.82, 2.24) is 0 Å². The maximum Gasteiger partial charge on any atom is 0.164 e. The summed E-state index contributed by atoms with van der Waals surface area (Å²) in [5.41, 5.74) is 0. The minimum absolute atomic E-state index is 0.103. The zero-order valence-corrected chi connectivity index (χ0v) is 8.75. The van der Waals surface area contributed by atoms with Crippen LogP contribution in [0.5, 0.6) is 0 Å². The van der Waals surface area contributed by atoms with Crippen molar-refractivity contribution < 1.29 is 14.6 Å². The van der Waals surface area contributed by atoms with Crippen molar-refractivity contribution in [1.29, 1.82) is 0 Å². The first-order valence-electron chi connectivity index (χ1n) is 4.99. The van der Waals surface area contributed by atoms with E-state index in [2.05, 4.69) is 0 Å². The number of ketones is 1. The summed E-state index contributed by atoms with van der Waals surface area (Å²) in [5.74, 6) is -0.245. The van der Waals surface area contributed by atoms with E-state index in [1.165, 1.54) is 0 Å². The van der Waals surface area contributed by atoms with Crippen LogP contribution in [-0.4, -0.2) is 23.8 Å². The van der Waals surface area contributed by atoms with Gasteiger partial charge >= 0.3 is 0 Å². The molecule has 13 heavy (non-hydrogen) atoms. The van der Waals surface area contributed by atoms with Gasteiger partial charge in [0.25, 0.3) is 0 Å². The predicted octanol–water partition coefficient (Wildman–Crippen LogP) is 1.74. The molecule has 0 amide bonds. The van der Waals surface area contributed by atoms with E-state index in [0.29, 0.717) is 19.4 Å². The summed E-state index contributed by atoms with van der Waals surface area (Å²) in [7, 11) is 0. The van der Waals surface area contributed by atoms with Gasteiger partial charge in [-0.2, -0.15) is 0 Å². The highest BCUT2D eigenvalue weighted by atomic mass is 16.6. The lowest BCUT2D eigenvalue weighted by molar-refractivity contribution is -0.153. The monoisotopic (exact) mass is 188 g/mol. The van der Waals surface area contributed by atoms with E-state index in [4.69, 9.17) is 4.74 Å². The molecule has 0 bridgehead atoms. The van der Waals surface area contributed by atoms with E-state index in [0.717, 1.165) is 6.42 Å². The van der Waals surface area contributed by atoms with Gasteiger partial charge in [0.2, 0.25) is 0 Å². The van der Waals surface area contributed by atoms with E-state index < -0.39 is 6.29 Å². The Bertz CT molecular complexity index is 145. The van der Waals surface area contributed by atoms with Gasteiger partial charge in [0.15, 0.2) is 6.29 Å². The second-order valence-corrected chi connectivity index (χ2v) is 3.08. The zero-order valence-electron chi connectivity index (χ0n) is 8.75. The summed E-state index contributed by atoms with van der Waals surface area (Å²) < 4.78 is 5.00. The molecule has 0 spiro atoms. The van der Waals surface area contributed by atoms with Crippen LogP contribution < -0.4 is 0 Å². The summed E-state index contributed by atoms with van der Waals surface area (Å²) >= 11 is 0. The van der Waals surface area contributed by atoms with Crippen LogP contribution in [0, 0.1) is 5.92 Å². The average Bonchev–Trinajstić information content (AvgIpc) is 2.06. The van der Waals surface area contributed by atoms with Gasteiger partial charge < -0.3 is 9.84 Å². The summed E-state index contributed by atoms with van der Waals surface area (Å²) in [6, 6.07) is 0. The third-order valence-corrected chi connectivity index (χ3v) is 2.03. The molecule has 0 aromatic heterocycles. The first-order chi connectivity index (χ1) is 6.17. The van der Waals surface area contributed by atoms with Crippen LogP contribution in [0.3, 0.4) is 0 Å². The number of hydrogen-bond donors (Lipinski definition) is 1. The first-order valence-corrected chi connectivity index (χ1v) is 4.99. The molecule has 0 rings (SSSR count). The summed E-state index contributed by atoms with van der Waals surface area (Å²) in [4.78, 5) is 11.5. The van der Waals surface area contributed by atoms with Crippen molar-refractivity contribution in [3.05, 3.63) is 0 Å². The number of hydrogen-bond acceptors (Lipinski definition) is 3. The van der Waals surface area contributed by atoms with Crippen molar-refractivity contribution in [3.8, 4) is 0 Å². The molecule has 2 unspecified atom stereocenters. The minimum atomic E-state index is -0.922. The Morgan fingerprint density at radius 1 is 1.38 bits per heavy atom. The molecule has 0 heterocycles. The Morgan fingerprint density at radius 3 is 2.38 bits per heavy atom. The Kier molecular flexibility index (Phi) is 6.82. The van der Waals surface area contributed by atoms with E-state index in [9.17, 15) is 9.90 Å². The molecule has 0 aromatic rings. The van der Waals surface area contributed by atoms with Crippen LogP contribution >= 0.6 is 0 Å². The fourth-order valence-corrected chi connectivity index (χ4v) is 1.31. The fourth-order valence-electron chi connectivity index (χ4n) is 1.31. The molecule has 2 atom stereocenters. The topological polar surface area (TPSA) is 46.5 Å². The van der Waals surface area contributed by atoms with Crippen molar-refractivity contribution in [2.45, 2.75) is 46.3 Å². The summed E-state index contributed by atoms with van der Waals surface area (Å²) in [5, 5.41) is 9.46. The number of rotatable bonds is 7. The highest BCUT2D eigenvalue weighted by Crippen LogP contribution is 2.14. The standard InChI is InChI=1S/C10H20O3/c1-4-7-9(11)8(5-2)10(12)13-6-3/h8,10,12H,4-7H2,1-3H3. The lowest BCUT2D eigenvalue weighted by Crippen LogP contribution is -2.30. The molecule has 0 aliphatic rings. The molecule has 0 fully saturated rings. The maximum absolute atomic E-state index is 11.5. The fraction of sp³-hybridized carbons (Fsp3) is 0.900. The number of aliphatic hydroxyl groups excluding tert-OH is 1. The molecule has 0 aromatic carbocycles. The molecule has 78 valence electrons. The third kappa shape index (κ3) is 4.39. The lowest BCUT2D eigenvalue weighted by atomic mass is 9.97. The largest absolute Gasteiger partial charge is 0.367 e. The van der Waals surface area contributed by atoms with Crippen LogP contribution in [0.4, 0.5) is 0 Å². The molecule has 3 heteroatoms. The summed E-state index contributed by atoms with van der Waals surface area (Å²) in [6.07, 6.45) is 1.07. The lowest BCUT2D eigenvalue weighted by Gasteiger charge is -2.19. The van der Waals surface area contributed by atoms with Crippen LogP contribution in [-0.2, 0) is 9.53 Å². The molecule has 0 saturated heterocycles. The first kappa shape index (κ1) is 12.6. The Morgan fingerprint density at radius 2 is 2.00 bits per heavy atom. The average molecular weight is 188 g/mol. The zero-order chi connectivity index (χ0) is 10.3. The van der Waals surface area contributed by atoms with Crippen molar-refractivity contribution in [2.75, 3.05) is 6.61 Å².